The number of hydrazine groups is 1. The predicted octanol–water partition coefficient (Wildman–Crippen LogP) is 1.50. The molecule has 0 spiro atoms. The molecule has 0 aromatic heterocycles. The summed E-state index contributed by atoms with van der Waals surface area (Å²) in [6, 6.07) is 0.00349. The zero-order valence-electron chi connectivity index (χ0n) is 8.64. The van der Waals surface area contributed by atoms with Gasteiger partial charge in [-0.05, 0) is 13.8 Å². The summed E-state index contributed by atoms with van der Waals surface area (Å²) in [5.74, 6) is 0. The average Bonchev–Trinajstić information content (AvgIpc) is 2.13. The maximum absolute atomic E-state index is 11.3. The van der Waals surface area contributed by atoms with E-state index < -0.39 is 0 Å². The lowest BCUT2D eigenvalue weighted by Gasteiger charge is -2.20. The molecule has 0 amide bonds. The Balaban J connectivity index is 4.12. The summed E-state index contributed by atoms with van der Waals surface area (Å²) in [5.41, 5.74) is 0. The molecule has 0 fully saturated rings. The molecule has 0 N–H and O–H groups in total. The first-order valence-corrected chi connectivity index (χ1v) is 5.37. The van der Waals surface area contributed by atoms with Crippen LogP contribution in [0.1, 0.15) is 13.8 Å². The van der Waals surface area contributed by atoms with Gasteiger partial charge in [-0.2, -0.15) is 0 Å². The van der Waals surface area contributed by atoms with E-state index in [9.17, 15) is 5.21 Å². The Kier molecular flexibility index (Phi) is 7.50. The van der Waals surface area contributed by atoms with E-state index in [1.54, 1.807) is 0 Å². The van der Waals surface area contributed by atoms with Crippen LogP contribution in [0.25, 0.3) is 0 Å². The minimum absolute atomic E-state index is 0.00349. The van der Waals surface area contributed by atoms with E-state index in [2.05, 4.69) is 21.2 Å². The Labute approximate surface area is 92.1 Å². The molecule has 0 aliphatic heterocycles. The molecule has 0 rings (SSSR count). The molecular formula is C7H16BrN3O3. The van der Waals surface area contributed by atoms with Crippen molar-refractivity contribution in [2.24, 2.45) is 5.28 Å². The fourth-order valence-electron chi connectivity index (χ4n) is 0.700. The summed E-state index contributed by atoms with van der Waals surface area (Å²) < 4.78 is 4.85. The lowest BCUT2D eigenvalue weighted by molar-refractivity contribution is -0.723. The van der Waals surface area contributed by atoms with Crippen LogP contribution in [-0.4, -0.2) is 41.8 Å². The third-order valence-electron chi connectivity index (χ3n) is 1.37. The summed E-state index contributed by atoms with van der Waals surface area (Å²) in [6.07, 6.45) is 0. The van der Waals surface area contributed by atoms with E-state index in [1.807, 2.05) is 13.8 Å². The van der Waals surface area contributed by atoms with Gasteiger partial charge in [0.25, 0.3) is 0 Å². The van der Waals surface area contributed by atoms with Crippen LogP contribution in [0.4, 0.5) is 0 Å². The first-order chi connectivity index (χ1) is 6.63. The summed E-state index contributed by atoms with van der Waals surface area (Å²) >= 11 is 3.15. The van der Waals surface area contributed by atoms with Gasteiger partial charge >= 0.3 is 0 Å². The van der Waals surface area contributed by atoms with Crippen LogP contribution in [0.2, 0.25) is 0 Å². The van der Waals surface area contributed by atoms with E-state index >= 15 is 0 Å². The Bertz CT molecular complexity index is 178. The largest absolute Gasteiger partial charge is 0.569 e. The van der Waals surface area contributed by atoms with Crippen LogP contribution < -0.4 is 0 Å². The molecule has 0 unspecified atom stereocenters. The van der Waals surface area contributed by atoms with Gasteiger partial charge in [0, 0.05) is 12.4 Å². The van der Waals surface area contributed by atoms with Gasteiger partial charge in [-0.25, -0.2) is 0 Å². The lowest BCUT2D eigenvalue weighted by Crippen LogP contribution is -2.38. The van der Waals surface area contributed by atoms with Gasteiger partial charge in [0.05, 0.1) is 11.0 Å². The van der Waals surface area contributed by atoms with E-state index in [-0.39, 0.29) is 12.8 Å². The molecule has 14 heavy (non-hydrogen) atoms. The molecule has 0 heterocycles. The van der Waals surface area contributed by atoms with Crippen LogP contribution in [0, 0.1) is 5.21 Å². The Morgan fingerprint density at radius 2 is 2.21 bits per heavy atom. The van der Waals surface area contributed by atoms with Crippen molar-refractivity contribution in [3.8, 4) is 0 Å². The van der Waals surface area contributed by atoms with E-state index in [4.69, 9.17) is 9.57 Å². The molecule has 0 aliphatic carbocycles. The highest BCUT2D eigenvalue weighted by molar-refractivity contribution is 9.09. The van der Waals surface area contributed by atoms with Crippen LogP contribution in [0.5, 0.6) is 0 Å². The first-order valence-electron chi connectivity index (χ1n) is 4.25. The average molecular weight is 270 g/mol. The van der Waals surface area contributed by atoms with Crippen molar-refractivity contribution in [3.05, 3.63) is 5.21 Å². The second-order valence-corrected chi connectivity index (χ2v) is 3.60. The SMILES string of the molecule is COCN(C(C)C)/[N+]([O-])=N/OCCBr. The minimum Gasteiger partial charge on any atom is -0.569 e. The Morgan fingerprint density at radius 3 is 2.64 bits per heavy atom. The highest BCUT2D eigenvalue weighted by Gasteiger charge is 2.16. The quantitative estimate of drug-likeness (QED) is 0.176. The van der Waals surface area contributed by atoms with E-state index in [0.29, 0.717) is 16.9 Å². The molecule has 0 aromatic rings. The molecule has 0 aliphatic rings. The number of ether oxygens (including phenoxy) is 1. The number of alkyl halides is 1. The molecule has 0 aromatic carbocycles. The standard InChI is InChI=1S/C7H16BrN3O3/c1-7(2)10(6-13-3)11(12)9-14-5-4-8/h7H,4-6H2,1-3H3/b11-9-. The van der Waals surface area contributed by atoms with Crippen LogP contribution in [0.3, 0.4) is 0 Å². The zero-order chi connectivity index (χ0) is 11.0. The smallest absolute Gasteiger partial charge is 0.233 e. The molecule has 0 bridgehead atoms. The normalized spacial score (nSPS) is 11.9. The van der Waals surface area contributed by atoms with Gasteiger partial charge < -0.3 is 14.8 Å². The second kappa shape index (κ2) is 7.81. The van der Waals surface area contributed by atoms with E-state index in [1.165, 1.54) is 12.1 Å². The Morgan fingerprint density at radius 1 is 1.57 bits per heavy atom. The van der Waals surface area contributed by atoms with Gasteiger partial charge in [0.2, 0.25) is 5.28 Å². The summed E-state index contributed by atoms with van der Waals surface area (Å²) in [5, 5.41) is 16.7. The molecule has 84 valence electrons. The topological polar surface area (TPSA) is 60.1 Å². The van der Waals surface area contributed by atoms with Crippen molar-refractivity contribution in [2.45, 2.75) is 19.9 Å². The van der Waals surface area contributed by atoms with Gasteiger partial charge in [-0.3, -0.25) is 0 Å². The minimum atomic E-state index is 0.00349. The highest BCUT2D eigenvalue weighted by Crippen LogP contribution is 1.99. The molecule has 0 saturated carbocycles. The highest BCUT2D eigenvalue weighted by atomic mass is 79.9. The number of hydrogen-bond acceptors (Lipinski definition) is 4. The third-order valence-corrected chi connectivity index (χ3v) is 1.70. The fraction of sp³-hybridized carbons (Fsp3) is 1.00. The van der Waals surface area contributed by atoms with E-state index in [0.717, 1.165) is 0 Å². The van der Waals surface area contributed by atoms with Gasteiger partial charge in [-0.15, -0.1) is 5.01 Å². The lowest BCUT2D eigenvalue weighted by atomic mass is 10.4. The summed E-state index contributed by atoms with van der Waals surface area (Å²) in [4.78, 5) is 5.12. The molecular weight excluding hydrogens is 254 g/mol. The van der Waals surface area contributed by atoms with Crippen molar-refractivity contribution >= 4 is 15.9 Å². The van der Waals surface area contributed by atoms with Crippen molar-refractivity contribution in [1.29, 1.82) is 0 Å². The molecule has 0 atom stereocenters. The first kappa shape index (κ1) is 13.4. The number of halogens is 1. The number of nitrogens with zero attached hydrogens (tertiary/aromatic N) is 3. The predicted molar refractivity (Wildman–Crippen MR) is 54.7 cm³/mol. The molecule has 0 radical (unpaired) electrons. The maximum Gasteiger partial charge on any atom is 0.233 e. The zero-order valence-corrected chi connectivity index (χ0v) is 10.2. The van der Waals surface area contributed by atoms with Crippen molar-refractivity contribution in [3.63, 3.8) is 0 Å². The van der Waals surface area contributed by atoms with Crippen molar-refractivity contribution < 1.29 is 14.5 Å². The van der Waals surface area contributed by atoms with Gasteiger partial charge in [0.15, 0.2) is 6.73 Å². The summed E-state index contributed by atoms with van der Waals surface area (Å²) in [7, 11) is 1.52. The Hall–Kier alpha value is -0.560. The van der Waals surface area contributed by atoms with Gasteiger partial charge in [0.1, 0.15) is 6.61 Å². The second-order valence-electron chi connectivity index (χ2n) is 2.81. The molecule has 0 saturated heterocycles. The summed E-state index contributed by atoms with van der Waals surface area (Å²) in [6.45, 7) is 4.27. The number of methoxy groups -OCH3 is 1. The van der Waals surface area contributed by atoms with Gasteiger partial charge in [-0.1, -0.05) is 15.9 Å². The van der Waals surface area contributed by atoms with Crippen LogP contribution in [0.15, 0.2) is 5.28 Å². The number of hydrogen-bond donors (Lipinski definition) is 0. The molecule has 6 nitrogen and oxygen atoms in total. The monoisotopic (exact) mass is 269 g/mol. The van der Waals surface area contributed by atoms with Crippen LogP contribution in [-0.2, 0) is 9.57 Å². The number of rotatable bonds is 7. The van der Waals surface area contributed by atoms with Crippen LogP contribution >= 0.6 is 15.9 Å². The molecule has 7 heteroatoms. The fourth-order valence-corrected chi connectivity index (χ4v) is 0.845. The third kappa shape index (κ3) is 5.23. The van der Waals surface area contributed by atoms with Crippen molar-refractivity contribution in [2.75, 3.05) is 25.8 Å². The maximum atomic E-state index is 11.3. The van der Waals surface area contributed by atoms with Crippen molar-refractivity contribution in [1.82, 2.24) is 5.01 Å².